The Morgan fingerprint density at radius 3 is 1.37 bits per heavy atom. The molecule has 0 aliphatic carbocycles. The van der Waals surface area contributed by atoms with Crippen LogP contribution in [-0.4, -0.2) is 83.2 Å². The molecule has 0 fully saturated rings. The van der Waals surface area contributed by atoms with Gasteiger partial charge in [0.1, 0.15) is 29.3 Å². The van der Waals surface area contributed by atoms with Gasteiger partial charge in [-0.2, -0.15) is 0 Å². The van der Waals surface area contributed by atoms with Gasteiger partial charge in [-0.05, 0) is 49.9 Å². The van der Waals surface area contributed by atoms with Crippen molar-refractivity contribution in [1.29, 1.82) is 0 Å². The Morgan fingerprint density at radius 1 is 0.579 bits per heavy atom. The van der Waals surface area contributed by atoms with E-state index < -0.39 is 29.4 Å². The first kappa shape index (κ1) is 45.8. The lowest BCUT2D eigenvalue weighted by Crippen LogP contribution is -2.23. The molecule has 2 aromatic carbocycles. The number of aliphatic imine (C=N–C) groups is 2. The summed E-state index contributed by atoms with van der Waals surface area (Å²) in [7, 11) is 0. The Labute approximate surface area is 336 Å². The molecule has 0 radical (unpaired) electrons. The quantitative estimate of drug-likeness (QED) is 0.0284. The molecule has 0 aliphatic rings. The van der Waals surface area contributed by atoms with Gasteiger partial charge >= 0.3 is 0 Å². The second-order valence-corrected chi connectivity index (χ2v) is 14.3. The van der Waals surface area contributed by atoms with Crippen molar-refractivity contribution in [3.8, 4) is 0 Å². The normalized spacial score (nSPS) is 10.7. The second kappa shape index (κ2) is 24.1. The number of aromatic nitrogens is 2. The Hall–Kier alpha value is -5.58. The van der Waals surface area contributed by atoms with Crippen molar-refractivity contribution in [2.45, 2.75) is 54.7 Å². The molecule has 57 heavy (non-hydrogen) atoms. The number of benzene rings is 2. The van der Waals surface area contributed by atoms with Crippen LogP contribution >= 0.6 is 23.5 Å². The Balaban J connectivity index is 1.78. The maximum absolute atomic E-state index is 14.9. The van der Waals surface area contributed by atoms with E-state index in [2.05, 4.69) is 41.2 Å². The topological polar surface area (TPSA) is 323 Å². The molecule has 18 nitrogen and oxygen atoms in total. The molecule has 22 heteroatoms. The van der Waals surface area contributed by atoms with E-state index in [1.807, 2.05) is 0 Å². The van der Waals surface area contributed by atoms with E-state index in [1.165, 1.54) is 23.5 Å². The highest BCUT2D eigenvalue weighted by molar-refractivity contribution is 7.99. The second-order valence-electron chi connectivity index (χ2n) is 12.1. The van der Waals surface area contributed by atoms with Crippen LogP contribution in [-0.2, 0) is 9.59 Å². The van der Waals surface area contributed by atoms with Gasteiger partial charge in [0.25, 0.3) is 11.8 Å². The van der Waals surface area contributed by atoms with Crippen LogP contribution < -0.4 is 55.7 Å². The molecule has 3 rings (SSSR count). The lowest BCUT2D eigenvalue weighted by molar-refractivity contribution is -0.117. The number of guanidine groups is 2. The maximum Gasteiger partial charge on any atom is 0.274 e. The predicted molar refractivity (Wildman–Crippen MR) is 221 cm³/mol. The van der Waals surface area contributed by atoms with E-state index in [1.54, 1.807) is 0 Å². The molecule has 3 aromatic rings. The number of anilines is 4. The summed E-state index contributed by atoms with van der Waals surface area (Å²) in [5.74, 6) is -3.21. The number of thioether (sulfide) groups is 2. The predicted octanol–water partition coefficient (Wildman–Crippen LogP) is 2.52. The monoisotopic (exact) mass is 830 g/mol. The summed E-state index contributed by atoms with van der Waals surface area (Å²) in [5.41, 5.74) is 32.5. The molecule has 0 spiro atoms. The standard InChI is InChI=1S/C35H48F2N14O4S2/c36-20-14-22(48-28(52)6-2-1-4-10-44-34(40)41)30(56-12-8-38)24(16-20)50-32(54)26-18-27(47-19-46-26)33(55)51-25-17-21(37)15-23(31(25)57-13-9-39)49-29(53)7-3-5-11-45-35(42)43/h14-19H,1-13,38-39H2,(H,48,52)(H,49,53)(H,50,54)(H,51,55)(H4,40,41,44)(H4,42,43,45). The first-order valence-electron chi connectivity index (χ1n) is 17.8. The molecule has 1 aromatic heterocycles. The lowest BCUT2D eigenvalue weighted by atomic mass is 10.2. The number of hydrogen-bond donors (Lipinski definition) is 10. The fourth-order valence-electron chi connectivity index (χ4n) is 4.98. The van der Waals surface area contributed by atoms with Gasteiger partial charge in [-0.1, -0.05) is 6.42 Å². The molecule has 0 saturated carbocycles. The number of nitrogens with one attached hydrogen (secondary N) is 4. The van der Waals surface area contributed by atoms with Crippen molar-refractivity contribution in [2.75, 3.05) is 59.0 Å². The summed E-state index contributed by atoms with van der Waals surface area (Å²) in [5, 5.41) is 10.6. The zero-order valence-electron chi connectivity index (χ0n) is 31.1. The minimum atomic E-state index is -0.824. The van der Waals surface area contributed by atoms with Crippen LogP contribution in [0.25, 0.3) is 0 Å². The molecule has 0 unspecified atom stereocenters. The Bertz CT molecular complexity index is 1930. The first-order valence-corrected chi connectivity index (χ1v) is 19.8. The summed E-state index contributed by atoms with van der Waals surface area (Å²) < 4.78 is 29.8. The van der Waals surface area contributed by atoms with Crippen LogP contribution in [0.4, 0.5) is 31.5 Å². The van der Waals surface area contributed by atoms with Gasteiger partial charge in [0.05, 0.1) is 32.5 Å². The number of halogens is 2. The minimum absolute atomic E-state index is 0.00765. The minimum Gasteiger partial charge on any atom is -0.370 e. The molecule has 0 aliphatic heterocycles. The van der Waals surface area contributed by atoms with Crippen molar-refractivity contribution in [1.82, 2.24) is 9.97 Å². The zero-order chi connectivity index (χ0) is 41.7. The molecule has 0 atom stereocenters. The van der Waals surface area contributed by atoms with Crippen LogP contribution in [0.15, 0.2) is 56.4 Å². The number of nitrogens with two attached hydrogens (primary N) is 6. The van der Waals surface area contributed by atoms with Crippen molar-refractivity contribution in [3.63, 3.8) is 0 Å². The Kier molecular flexibility index (Phi) is 19.4. The summed E-state index contributed by atoms with van der Waals surface area (Å²) in [6.07, 6.45) is 4.14. The van der Waals surface area contributed by atoms with Gasteiger partial charge in [0.15, 0.2) is 11.9 Å². The number of rotatable bonds is 23. The van der Waals surface area contributed by atoms with Crippen LogP contribution in [0.1, 0.15) is 65.9 Å². The third-order valence-corrected chi connectivity index (χ3v) is 9.81. The molecule has 1 heterocycles. The SMILES string of the molecule is NCCSc1c(NC(=O)CCCCCN=C(N)N)cc(F)cc1NC(=O)c1cc(C(=O)Nc2cc(F)cc(NC(=O)CCCCN=C(N)N)c2SCCN)ncn1. The summed E-state index contributed by atoms with van der Waals surface area (Å²) in [6, 6.07) is 5.52. The van der Waals surface area contributed by atoms with Crippen molar-refractivity contribution >= 4 is 81.8 Å². The molecular weight excluding hydrogens is 783 g/mol. The fraction of sp³-hybridized carbons (Fsp3) is 0.371. The third-order valence-electron chi connectivity index (χ3n) is 7.48. The lowest BCUT2D eigenvalue weighted by Gasteiger charge is -2.17. The van der Waals surface area contributed by atoms with Crippen LogP contribution in [0.5, 0.6) is 0 Å². The number of carbonyl (C=O) groups excluding carboxylic acids is 4. The van der Waals surface area contributed by atoms with E-state index in [0.29, 0.717) is 66.5 Å². The largest absolute Gasteiger partial charge is 0.370 e. The molecule has 4 amide bonds. The van der Waals surface area contributed by atoms with Gasteiger partial charge in [-0.25, -0.2) is 18.7 Å². The highest BCUT2D eigenvalue weighted by atomic mass is 32.2. The average molecular weight is 831 g/mol. The van der Waals surface area contributed by atoms with Gasteiger partial charge in [-0.3, -0.25) is 29.2 Å². The van der Waals surface area contributed by atoms with Crippen LogP contribution in [0, 0.1) is 11.6 Å². The summed E-state index contributed by atoms with van der Waals surface area (Å²) in [4.78, 5) is 68.9. The molecular formula is C35H48F2N14O4S2. The third kappa shape index (κ3) is 16.2. The van der Waals surface area contributed by atoms with E-state index in [0.717, 1.165) is 36.7 Å². The summed E-state index contributed by atoms with van der Waals surface area (Å²) in [6.45, 7) is 1.27. The molecule has 16 N–H and O–H groups in total. The fourth-order valence-corrected chi connectivity index (χ4v) is 6.69. The maximum atomic E-state index is 14.9. The molecule has 0 bridgehead atoms. The molecule has 308 valence electrons. The van der Waals surface area contributed by atoms with Gasteiger partial charge in [-0.15, -0.1) is 23.5 Å². The number of unbranched alkanes of at least 4 members (excludes halogenated alkanes) is 3. The van der Waals surface area contributed by atoms with Crippen molar-refractivity contribution < 1.29 is 28.0 Å². The zero-order valence-corrected chi connectivity index (χ0v) is 32.7. The number of hydrogen-bond acceptors (Lipinski definition) is 12. The van der Waals surface area contributed by atoms with Gasteiger partial charge < -0.3 is 55.7 Å². The van der Waals surface area contributed by atoms with E-state index >= 15 is 0 Å². The van der Waals surface area contributed by atoms with Crippen molar-refractivity contribution in [3.05, 3.63) is 59.7 Å². The molecule has 0 saturated heterocycles. The summed E-state index contributed by atoms with van der Waals surface area (Å²) >= 11 is 2.38. The van der Waals surface area contributed by atoms with E-state index in [9.17, 15) is 28.0 Å². The van der Waals surface area contributed by atoms with E-state index in [4.69, 9.17) is 34.4 Å². The number of nitrogens with zero attached hydrogens (tertiary/aromatic N) is 4. The van der Waals surface area contributed by atoms with E-state index in [-0.39, 0.29) is 77.9 Å². The number of carbonyl (C=O) groups is 4. The average Bonchev–Trinajstić information content (AvgIpc) is 3.15. The highest BCUT2D eigenvalue weighted by Gasteiger charge is 2.21. The van der Waals surface area contributed by atoms with Crippen LogP contribution in [0.3, 0.4) is 0 Å². The van der Waals surface area contributed by atoms with Crippen molar-refractivity contribution in [2.24, 2.45) is 44.4 Å². The smallest absolute Gasteiger partial charge is 0.274 e. The Morgan fingerprint density at radius 2 is 0.965 bits per heavy atom. The number of amides is 4. The van der Waals surface area contributed by atoms with Gasteiger partial charge in [0, 0.05) is 56.6 Å². The van der Waals surface area contributed by atoms with Crippen LogP contribution in [0.2, 0.25) is 0 Å². The first-order chi connectivity index (χ1) is 27.3. The van der Waals surface area contributed by atoms with Gasteiger partial charge in [0.2, 0.25) is 11.8 Å². The highest BCUT2D eigenvalue weighted by Crippen LogP contribution is 2.37.